The molecule has 0 saturated carbocycles. The number of ether oxygens (including phenoxy) is 1. The molecule has 0 fully saturated rings. The molecule has 1 N–H and O–H groups in total. The second-order valence-corrected chi connectivity index (χ2v) is 5.59. The summed E-state index contributed by atoms with van der Waals surface area (Å²) in [7, 11) is 1.48. The van der Waals surface area contributed by atoms with Crippen molar-refractivity contribution in [2.75, 3.05) is 13.7 Å². The highest BCUT2D eigenvalue weighted by molar-refractivity contribution is 5.33. The van der Waals surface area contributed by atoms with E-state index in [1.54, 1.807) is 12.1 Å². The Hall–Kier alpha value is -1.09. The van der Waals surface area contributed by atoms with Gasteiger partial charge in [0.05, 0.1) is 7.11 Å². The zero-order valence-electron chi connectivity index (χ0n) is 12.0. The molecule has 0 unspecified atom stereocenters. The van der Waals surface area contributed by atoms with Gasteiger partial charge < -0.3 is 10.1 Å². The molecule has 0 aliphatic carbocycles. The average molecular weight is 253 g/mol. The van der Waals surface area contributed by atoms with Crippen LogP contribution in [0.5, 0.6) is 5.75 Å². The van der Waals surface area contributed by atoms with E-state index in [0.29, 0.717) is 11.8 Å². The van der Waals surface area contributed by atoms with Gasteiger partial charge in [-0.15, -0.1) is 0 Å². The second-order valence-electron chi connectivity index (χ2n) is 5.59. The van der Waals surface area contributed by atoms with Gasteiger partial charge in [0.15, 0.2) is 11.6 Å². The Morgan fingerprint density at radius 3 is 2.50 bits per heavy atom. The van der Waals surface area contributed by atoms with E-state index in [9.17, 15) is 4.39 Å². The SMILES string of the molecule is COc1ccc(C(C)(C)CCNC(C)C)cc1F. The number of methoxy groups -OCH3 is 1. The van der Waals surface area contributed by atoms with Crippen molar-refractivity contribution < 1.29 is 9.13 Å². The van der Waals surface area contributed by atoms with Gasteiger partial charge >= 0.3 is 0 Å². The minimum Gasteiger partial charge on any atom is -0.494 e. The molecule has 0 aliphatic heterocycles. The van der Waals surface area contributed by atoms with Crippen LogP contribution in [0, 0.1) is 5.82 Å². The van der Waals surface area contributed by atoms with Gasteiger partial charge in [-0.3, -0.25) is 0 Å². The van der Waals surface area contributed by atoms with Crippen LogP contribution in [0.3, 0.4) is 0 Å². The van der Waals surface area contributed by atoms with Gasteiger partial charge in [0.1, 0.15) is 0 Å². The smallest absolute Gasteiger partial charge is 0.165 e. The minimum absolute atomic E-state index is 0.0466. The molecule has 3 heteroatoms. The third-order valence-electron chi connectivity index (χ3n) is 3.24. The van der Waals surface area contributed by atoms with Crippen molar-refractivity contribution in [2.45, 2.75) is 45.6 Å². The minimum atomic E-state index is -0.292. The Morgan fingerprint density at radius 2 is 2.00 bits per heavy atom. The molecule has 0 saturated heterocycles. The van der Waals surface area contributed by atoms with E-state index < -0.39 is 0 Å². The van der Waals surface area contributed by atoms with Crippen LogP contribution < -0.4 is 10.1 Å². The van der Waals surface area contributed by atoms with Crippen molar-refractivity contribution >= 4 is 0 Å². The molecule has 2 nitrogen and oxygen atoms in total. The molecular weight excluding hydrogens is 229 g/mol. The first-order valence-electron chi connectivity index (χ1n) is 6.44. The highest BCUT2D eigenvalue weighted by atomic mass is 19.1. The molecule has 0 aromatic heterocycles. The highest BCUT2D eigenvalue weighted by Crippen LogP contribution is 2.29. The number of nitrogens with one attached hydrogen (secondary N) is 1. The summed E-state index contributed by atoms with van der Waals surface area (Å²) in [6.07, 6.45) is 0.969. The van der Waals surface area contributed by atoms with E-state index in [1.807, 2.05) is 6.07 Å². The van der Waals surface area contributed by atoms with E-state index in [4.69, 9.17) is 4.74 Å². The Balaban J connectivity index is 2.75. The monoisotopic (exact) mass is 253 g/mol. The van der Waals surface area contributed by atoms with Crippen LogP contribution in [0.25, 0.3) is 0 Å². The van der Waals surface area contributed by atoms with Crippen LogP contribution in [0.1, 0.15) is 39.7 Å². The van der Waals surface area contributed by atoms with Crippen LogP contribution in [0.15, 0.2) is 18.2 Å². The second kappa shape index (κ2) is 6.19. The van der Waals surface area contributed by atoms with Crippen LogP contribution in [0.4, 0.5) is 4.39 Å². The van der Waals surface area contributed by atoms with E-state index >= 15 is 0 Å². The van der Waals surface area contributed by atoms with Crippen LogP contribution >= 0.6 is 0 Å². The van der Waals surface area contributed by atoms with Crippen molar-refractivity contribution in [2.24, 2.45) is 0 Å². The third kappa shape index (κ3) is 3.98. The first-order chi connectivity index (χ1) is 8.36. The Kier molecular flexibility index (Phi) is 5.15. The van der Waals surface area contributed by atoms with Gasteiger partial charge in [-0.1, -0.05) is 33.8 Å². The summed E-state index contributed by atoms with van der Waals surface area (Å²) in [5.41, 5.74) is 0.959. The fraction of sp³-hybridized carbons (Fsp3) is 0.600. The van der Waals surface area contributed by atoms with Gasteiger partial charge in [-0.05, 0) is 36.1 Å². The number of hydrogen-bond donors (Lipinski definition) is 1. The van der Waals surface area contributed by atoms with E-state index in [-0.39, 0.29) is 11.2 Å². The van der Waals surface area contributed by atoms with Gasteiger partial charge in [-0.25, -0.2) is 4.39 Å². The number of hydrogen-bond acceptors (Lipinski definition) is 2. The molecule has 18 heavy (non-hydrogen) atoms. The molecule has 1 aromatic carbocycles. The number of benzene rings is 1. The van der Waals surface area contributed by atoms with Crippen molar-refractivity contribution in [3.8, 4) is 5.75 Å². The van der Waals surface area contributed by atoms with Crippen molar-refractivity contribution in [1.29, 1.82) is 0 Å². The number of halogens is 1. The Labute approximate surface area is 110 Å². The predicted octanol–water partition coefficient (Wildman–Crippen LogP) is 3.50. The zero-order valence-corrected chi connectivity index (χ0v) is 12.0. The quantitative estimate of drug-likeness (QED) is 0.837. The van der Waals surface area contributed by atoms with Gasteiger partial charge in [0, 0.05) is 6.04 Å². The molecule has 102 valence electrons. The maximum Gasteiger partial charge on any atom is 0.165 e. The molecular formula is C15H24FNO. The lowest BCUT2D eigenvalue weighted by atomic mass is 9.81. The largest absolute Gasteiger partial charge is 0.494 e. The Bertz CT molecular complexity index is 388. The fourth-order valence-electron chi connectivity index (χ4n) is 1.91. The predicted molar refractivity (Wildman–Crippen MR) is 73.7 cm³/mol. The van der Waals surface area contributed by atoms with Crippen LogP contribution in [-0.4, -0.2) is 19.7 Å². The molecule has 0 spiro atoms. The van der Waals surface area contributed by atoms with Gasteiger partial charge in [0.2, 0.25) is 0 Å². The Morgan fingerprint density at radius 1 is 1.33 bits per heavy atom. The van der Waals surface area contributed by atoms with Crippen molar-refractivity contribution in [3.63, 3.8) is 0 Å². The van der Waals surface area contributed by atoms with Crippen molar-refractivity contribution in [3.05, 3.63) is 29.6 Å². The van der Waals surface area contributed by atoms with E-state index in [1.165, 1.54) is 7.11 Å². The topological polar surface area (TPSA) is 21.3 Å². The lowest BCUT2D eigenvalue weighted by Crippen LogP contribution is -2.29. The highest BCUT2D eigenvalue weighted by Gasteiger charge is 2.21. The summed E-state index contributed by atoms with van der Waals surface area (Å²) >= 11 is 0. The number of rotatable bonds is 6. The summed E-state index contributed by atoms with van der Waals surface area (Å²) in [6.45, 7) is 9.45. The van der Waals surface area contributed by atoms with Gasteiger partial charge in [0.25, 0.3) is 0 Å². The van der Waals surface area contributed by atoms with Gasteiger partial charge in [-0.2, -0.15) is 0 Å². The van der Waals surface area contributed by atoms with Crippen molar-refractivity contribution in [1.82, 2.24) is 5.32 Å². The summed E-state index contributed by atoms with van der Waals surface area (Å²) in [5.74, 6) is 0.00903. The third-order valence-corrected chi connectivity index (χ3v) is 3.24. The molecule has 0 bridgehead atoms. The molecule has 0 heterocycles. The molecule has 1 rings (SSSR count). The fourth-order valence-corrected chi connectivity index (χ4v) is 1.91. The summed E-state index contributed by atoms with van der Waals surface area (Å²) in [5, 5.41) is 3.39. The van der Waals surface area contributed by atoms with Crippen LogP contribution in [0.2, 0.25) is 0 Å². The molecule has 0 amide bonds. The van der Waals surface area contributed by atoms with Crippen LogP contribution in [-0.2, 0) is 5.41 Å². The summed E-state index contributed by atoms with van der Waals surface area (Å²) in [4.78, 5) is 0. The molecule has 0 radical (unpaired) electrons. The van der Waals surface area contributed by atoms with E-state index in [0.717, 1.165) is 18.5 Å². The zero-order chi connectivity index (χ0) is 13.8. The lowest BCUT2D eigenvalue weighted by molar-refractivity contribution is 0.383. The first-order valence-corrected chi connectivity index (χ1v) is 6.44. The first kappa shape index (κ1) is 15.0. The maximum absolute atomic E-state index is 13.7. The maximum atomic E-state index is 13.7. The average Bonchev–Trinajstić information content (AvgIpc) is 2.28. The summed E-state index contributed by atoms with van der Waals surface area (Å²) < 4.78 is 18.6. The summed E-state index contributed by atoms with van der Waals surface area (Å²) in [6, 6.07) is 5.70. The lowest BCUT2D eigenvalue weighted by Gasteiger charge is -2.26. The standard InChI is InChI=1S/C15H24FNO/c1-11(2)17-9-8-15(3,4)12-6-7-14(18-5)13(16)10-12/h6-7,10-11,17H,8-9H2,1-5H3. The van der Waals surface area contributed by atoms with E-state index in [2.05, 4.69) is 33.0 Å². The molecule has 0 atom stereocenters. The molecule has 0 aliphatic rings. The molecule has 1 aromatic rings. The normalized spacial score (nSPS) is 11.9.